The van der Waals surface area contributed by atoms with Crippen LogP contribution >= 0.6 is 0 Å². The largest absolute Gasteiger partial charge is 0.381 e. The number of benzene rings is 1. The molecule has 0 spiro atoms. The second-order valence-electron chi connectivity index (χ2n) is 4.35. The first kappa shape index (κ1) is 11.7. The Morgan fingerprint density at radius 1 is 1.25 bits per heavy atom. The summed E-state index contributed by atoms with van der Waals surface area (Å²) in [6, 6.07) is 7.89. The Morgan fingerprint density at radius 3 is 2.38 bits per heavy atom. The molecule has 88 valence electrons. The lowest BCUT2D eigenvalue weighted by Crippen LogP contribution is -2.28. The third kappa shape index (κ3) is 2.30. The summed E-state index contributed by atoms with van der Waals surface area (Å²) in [5, 5.41) is 0.170. The third-order valence-corrected chi connectivity index (χ3v) is 5.75. The quantitative estimate of drug-likeness (QED) is 0.739. The van der Waals surface area contributed by atoms with Gasteiger partial charge in [0.2, 0.25) is 0 Å². The Kier molecular flexibility index (Phi) is 3.36. The molecular weight excluding hydrogens is 220 g/mol. The monoisotopic (exact) mass is 238 g/mol. The number of rotatable bonds is 2. The van der Waals surface area contributed by atoms with Gasteiger partial charge in [0.15, 0.2) is 0 Å². The van der Waals surface area contributed by atoms with E-state index in [1.165, 1.54) is 5.56 Å². The zero-order valence-corrected chi connectivity index (χ0v) is 10.5. The van der Waals surface area contributed by atoms with Gasteiger partial charge in [0, 0.05) is 23.4 Å². The van der Waals surface area contributed by atoms with Crippen LogP contribution in [0.15, 0.2) is 29.2 Å². The van der Waals surface area contributed by atoms with Crippen molar-refractivity contribution in [2.24, 2.45) is 0 Å². The maximum atomic E-state index is 12.7. The molecule has 0 bridgehead atoms. The molecule has 1 aromatic rings. The molecule has 1 aliphatic rings. The minimum Gasteiger partial charge on any atom is -0.381 e. The van der Waals surface area contributed by atoms with Gasteiger partial charge in [-0.05, 0) is 47.3 Å². The SMILES string of the molecule is C=S(=O)(c1ccc(C)cc1)C1CCOCC1. The molecule has 0 radical (unpaired) electrons. The highest BCUT2D eigenvalue weighted by atomic mass is 32.2. The molecule has 2 nitrogen and oxygen atoms in total. The van der Waals surface area contributed by atoms with E-state index in [1.54, 1.807) is 0 Å². The van der Waals surface area contributed by atoms with Gasteiger partial charge in [0.1, 0.15) is 0 Å². The molecule has 1 fully saturated rings. The van der Waals surface area contributed by atoms with Gasteiger partial charge in [-0.25, -0.2) is 0 Å². The molecule has 1 aliphatic heterocycles. The van der Waals surface area contributed by atoms with Gasteiger partial charge < -0.3 is 4.74 Å². The van der Waals surface area contributed by atoms with Crippen molar-refractivity contribution < 1.29 is 8.95 Å². The van der Waals surface area contributed by atoms with E-state index >= 15 is 0 Å². The molecule has 0 aromatic heterocycles. The second kappa shape index (κ2) is 4.60. The zero-order valence-electron chi connectivity index (χ0n) is 9.65. The lowest BCUT2D eigenvalue weighted by atomic mass is 10.2. The normalized spacial score (nSPS) is 21.6. The fourth-order valence-electron chi connectivity index (χ4n) is 2.02. The smallest absolute Gasteiger partial charge is 0.0477 e. The molecule has 3 heteroatoms. The predicted molar refractivity (Wildman–Crippen MR) is 68.5 cm³/mol. The number of ether oxygens (including phenoxy) is 1. The Morgan fingerprint density at radius 2 is 1.81 bits per heavy atom. The highest BCUT2D eigenvalue weighted by Crippen LogP contribution is 2.23. The van der Waals surface area contributed by atoms with E-state index in [1.807, 2.05) is 31.2 Å². The minimum absolute atomic E-state index is 0.170. The van der Waals surface area contributed by atoms with Crippen molar-refractivity contribution in [2.45, 2.75) is 29.9 Å². The van der Waals surface area contributed by atoms with Crippen molar-refractivity contribution in [3.63, 3.8) is 0 Å². The van der Waals surface area contributed by atoms with Crippen LogP contribution in [-0.4, -0.2) is 28.5 Å². The fraction of sp³-hybridized carbons (Fsp3) is 0.462. The van der Waals surface area contributed by atoms with Crippen molar-refractivity contribution in [1.29, 1.82) is 0 Å². The van der Waals surface area contributed by atoms with E-state index in [0.29, 0.717) is 13.2 Å². The summed E-state index contributed by atoms with van der Waals surface area (Å²) in [7, 11) is -2.16. The van der Waals surface area contributed by atoms with Crippen LogP contribution < -0.4 is 0 Å². The fourth-order valence-corrected chi connectivity index (χ4v) is 3.95. The molecule has 0 N–H and O–H groups in total. The molecule has 1 saturated heterocycles. The molecule has 0 aliphatic carbocycles. The van der Waals surface area contributed by atoms with Gasteiger partial charge in [0.05, 0.1) is 0 Å². The van der Waals surface area contributed by atoms with Gasteiger partial charge in [-0.15, -0.1) is 0 Å². The van der Waals surface area contributed by atoms with Crippen molar-refractivity contribution >= 4 is 15.4 Å². The minimum atomic E-state index is -2.16. The van der Waals surface area contributed by atoms with E-state index in [4.69, 9.17) is 4.74 Å². The van der Waals surface area contributed by atoms with Crippen LogP contribution in [-0.2, 0) is 14.3 Å². The van der Waals surface area contributed by atoms with E-state index in [0.717, 1.165) is 17.7 Å². The number of aryl methyl sites for hydroxylation is 1. The summed E-state index contributed by atoms with van der Waals surface area (Å²) in [5.74, 6) is 3.97. The van der Waals surface area contributed by atoms with Gasteiger partial charge in [-0.2, -0.15) is 0 Å². The van der Waals surface area contributed by atoms with Crippen LogP contribution in [0.5, 0.6) is 0 Å². The van der Waals surface area contributed by atoms with Crippen LogP contribution in [0.25, 0.3) is 0 Å². The molecule has 1 aromatic carbocycles. The number of hydrogen-bond donors (Lipinski definition) is 0. The van der Waals surface area contributed by atoms with Gasteiger partial charge in [0.25, 0.3) is 0 Å². The Balaban J connectivity index is 2.27. The molecule has 0 saturated carbocycles. The molecule has 2 rings (SSSR count). The van der Waals surface area contributed by atoms with Gasteiger partial charge >= 0.3 is 0 Å². The van der Waals surface area contributed by atoms with Crippen LogP contribution in [0.3, 0.4) is 0 Å². The lowest BCUT2D eigenvalue weighted by Gasteiger charge is -2.25. The highest BCUT2D eigenvalue weighted by Gasteiger charge is 2.23. The standard InChI is InChI=1S/C13H18O2S/c1-11-3-5-12(6-4-11)16(2,14)13-7-9-15-10-8-13/h3-6,13H,2,7-10H2,1H3. The molecule has 16 heavy (non-hydrogen) atoms. The van der Waals surface area contributed by atoms with Crippen LogP contribution in [0.1, 0.15) is 18.4 Å². The maximum Gasteiger partial charge on any atom is 0.0477 e. The molecule has 1 atom stereocenters. The predicted octanol–water partition coefficient (Wildman–Crippen LogP) is 2.25. The van der Waals surface area contributed by atoms with E-state index in [-0.39, 0.29) is 5.25 Å². The first-order chi connectivity index (χ1) is 7.60. The summed E-state index contributed by atoms with van der Waals surface area (Å²) in [4.78, 5) is 0.880. The van der Waals surface area contributed by atoms with Crippen LogP contribution in [0, 0.1) is 6.92 Å². The van der Waals surface area contributed by atoms with Crippen LogP contribution in [0.4, 0.5) is 0 Å². The third-order valence-electron chi connectivity index (χ3n) is 3.13. The topological polar surface area (TPSA) is 26.3 Å². The molecule has 1 heterocycles. The van der Waals surface area contributed by atoms with E-state index in [2.05, 4.69) is 5.87 Å². The van der Waals surface area contributed by atoms with Gasteiger partial charge in [-0.3, -0.25) is 4.21 Å². The highest BCUT2D eigenvalue weighted by molar-refractivity contribution is 8.00. The zero-order chi connectivity index (χ0) is 11.6. The van der Waals surface area contributed by atoms with Gasteiger partial charge in [-0.1, -0.05) is 17.7 Å². The summed E-state index contributed by atoms with van der Waals surface area (Å²) in [6.45, 7) is 3.45. The first-order valence-electron chi connectivity index (χ1n) is 5.61. The number of hydrogen-bond acceptors (Lipinski definition) is 2. The molecular formula is C13H18O2S. The summed E-state index contributed by atoms with van der Waals surface area (Å²) in [5.41, 5.74) is 1.19. The molecule has 1 unspecified atom stereocenters. The second-order valence-corrected chi connectivity index (χ2v) is 6.94. The first-order valence-corrected chi connectivity index (χ1v) is 7.40. The summed E-state index contributed by atoms with van der Waals surface area (Å²) < 4.78 is 18.0. The Bertz CT molecular complexity index is 439. The maximum absolute atomic E-state index is 12.7. The van der Waals surface area contributed by atoms with Crippen molar-refractivity contribution in [3.05, 3.63) is 29.8 Å². The van der Waals surface area contributed by atoms with E-state index in [9.17, 15) is 4.21 Å². The summed E-state index contributed by atoms with van der Waals surface area (Å²) in [6.07, 6.45) is 1.71. The van der Waals surface area contributed by atoms with Crippen LogP contribution in [0.2, 0.25) is 0 Å². The van der Waals surface area contributed by atoms with Crippen molar-refractivity contribution in [2.75, 3.05) is 13.2 Å². The Hall–Kier alpha value is -0.800. The lowest BCUT2D eigenvalue weighted by molar-refractivity contribution is 0.0991. The molecule has 0 amide bonds. The van der Waals surface area contributed by atoms with Crippen molar-refractivity contribution in [1.82, 2.24) is 0 Å². The summed E-state index contributed by atoms with van der Waals surface area (Å²) >= 11 is 0. The van der Waals surface area contributed by atoms with E-state index < -0.39 is 9.52 Å². The Labute approximate surface area is 97.6 Å². The van der Waals surface area contributed by atoms with Crippen molar-refractivity contribution in [3.8, 4) is 0 Å². The average Bonchev–Trinajstić information content (AvgIpc) is 2.31. The average molecular weight is 238 g/mol.